The molecule has 1 unspecified atom stereocenters. The molecule has 33 heavy (non-hydrogen) atoms. The van der Waals surface area contributed by atoms with Crippen molar-refractivity contribution in [3.8, 4) is 0 Å². The fraction of sp³-hybridized carbons (Fsp3) is 0.217. The summed E-state index contributed by atoms with van der Waals surface area (Å²) in [6, 6.07) is 16.2. The van der Waals surface area contributed by atoms with Crippen molar-refractivity contribution in [2.45, 2.75) is 12.0 Å². The van der Waals surface area contributed by atoms with Gasteiger partial charge in [0.05, 0.1) is 28.4 Å². The van der Waals surface area contributed by atoms with E-state index in [0.717, 1.165) is 11.1 Å². The molecule has 4 rings (SSSR count). The number of hydrogen-bond acceptors (Lipinski definition) is 3. The lowest BCUT2D eigenvalue weighted by Gasteiger charge is -2.36. The van der Waals surface area contributed by atoms with Gasteiger partial charge in [-0.05, 0) is 53.6 Å². The van der Waals surface area contributed by atoms with Crippen molar-refractivity contribution in [2.24, 2.45) is 0 Å². The van der Waals surface area contributed by atoms with Crippen molar-refractivity contribution < 1.29 is 21.9 Å². The third-order valence-electron chi connectivity index (χ3n) is 5.39. The van der Waals surface area contributed by atoms with Crippen LogP contribution >= 0.6 is 23.2 Å². The van der Waals surface area contributed by atoms with Crippen LogP contribution in [0, 0.1) is 11.6 Å². The number of morpholine rings is 1. The SMILES string of the molecule is O=S(=O)(Nc1ccc(Cl)c(Cl)c1)N1CCOC(C(c2ccc(F)cc2)c2ccc(F)cc2)C1. The Morgan fingerprint density at radius 2 is 1.48 bits per heavy atom. The molecule has 1 saturated heterocycles. The minimum absolute atomic E-state index is 0.0378. The Labute approximate surface area is 201 Å². The molecule has 1 heterocycles. The zero-order valence-corrected chi connectivity index (χ0v) is 19.5. The van der Waals surface area contributed by atoms with Gasteiger partial charge in [-0.3, -0.25) is 4.72 Å². The predicted octanol–water partition coefficient (Wildman–Crippen LogP) is 5.46. The largest absolute Gasteiger partial charge is 0.374 e. The number of halogens is 4. The Morgan fingerprint density at radius 3 is 2.03 bits per heavy atom. The normalized spacial score (nSPS) is 17.3. The second-order valence-corrected chi connectivity index (χ2v) is 10.1. The second kappa shape index (κ2) is 9.95. The molecule has 10 heteroatoms. The predicted molar refractivity (Wildman–Crippen MR) is 125 cm³/mol. The van der Waals surface area contributed by atoms with Gasteiger partial charge >= 0.3 is 10.2 Å². The van der Waals surface area contributed by atoms with Gasteiger partial charge in [0.15, 0.2) is 0 Å². The summed E-state index contributed by atoms with van der Waals surface area (Å²) in [5.74, 6) is -1.22. The van der Waals surface area contributed by atoms with Crippen LogP contribution in [0.15, 0.2) is 66.7 Å². The number of hydrogen-bond donors (Lipinski definition) is 1. The van der Waals surface area contributed by atoms with E-state index in [1.807, 2.05) is 0 Å². The zero-order valence-electron chi connectivity index (χ0n) is 17.2. The molecule has 0 aliphatic carbocycles. The molecule has 1 N–H and O–H groups in total. The first-order valence-corrected chi connectivity index (χ1v) is 12.3. The quantitative estimate of drug-likeness (QED) is 0.476. The highest BCUT2D eigenvalue weighted by molar-refractivity contribution is 7.90. The molecular weight excluding hydrogens is 493 g/mol. The number of anilines is 1. The maximum Gasteiger partial charge on any atom is 0.301 e. The van der Waals surface area contributed by atoms with Crippen molar-refractivity contribution >= 4 is 39.1 Å². The third-order valence-corrected chi connectivity index (χ3v) is 7.64. The van der Waals surface area contributed by atoms with Crippen molar-refractivity contribution in [3.63, 3.8) is 0 Å². The van der Waals surface area contributed by atoms with Gasteiger partial charge in [0.2, 0.25) is 0 Å². The molecule has 1 fully saturated rings. The second-order valence-electron chi connectivity index (χ2n) is 7.58. The Morgan fingerprint density at radius 1 is 0.909 bits per heavy atom. The van der Waals surface area contributed by atoms with Crippen LogP contribution in [-0.4, -0.2) is 38.5 Å². The minimum Gasteiger partial charge on any atom is -0.374 e. The third kappa shape index (κ3) is 5.65. The van der Waals surface area contributed by atoms with E-state index in [-0.39, 0.29) is 30.4 Å². The highest BCUT2D eigenvalue weighted by Crippen LogP contribution is 2.33. The van der Waals surface area contributed by atoms with Crippen LogP contribution in [0.3, 0.4) is 0 Å². The van der Waals surface area contributed by atoms with Gasteiger partial charge < -0.3 is 4.74 Å². The van der Waals surface area contributed by atoms with Crippen LogP contribution in [0.5, 0.6) is 0 Å². The number of nitrogens with zero attached hydrogens (tertiary/aromatic N) is 1. The molecule has 1 atom stereocenters. The van der Waals surface area contributed by atoms with Gasteiger partial charge in [0.25, 0.3) is 0 Å². The Balaban J connectivity index is 1.61. The van der Waals surface area contributed by atoms with E-state index in [9.17, 15) is 17.2 Å². The van der Waals surface area contributed by atoms with E-state index >= 15 is 0 Å². The first-order chi connectivity index (χ1) is 15.7. The maximum atomic E-state index is 13.5. The van der Waals surface area contributed by atoms with Crippen molar-refractivity contribution in [1.29, 1.82) is 0 Å². The van der Waals surface area contributed by atoms with Gasteiger partial charge in [-0.15, -0.1) is 0 Å². The first kappa shape index (κ1) is 23.9. The summed E-state index contributed by atoms with van der Waals surface area (Å²) in [7, 11) is -3.93. The molecule has 0 amide bonds. The smallest absolute Gasteiger partial charge is 0.301 e. The molecule has 3 aromatic rings. The molecule has 0 aromatic heterocycles. The van der Waals surface area contributed by atoms with E-state index < -0.39 is 33.9 Å². The molecule has 0 bridgehead atoms. The molecular formula is C23H20Cl2F2N2O3S. The summed E-state index contributed by atoms with van der Waals surface area (Å²) in [6.07, 6.45) is -0.583. The Kier molecular flexibility index (Phi) is 7.21. The number of rotatable bonds is 6. The van der Waals surface area contributed by atoms with E-state index in [1.54, 1.807) is 24.3 Å². The van der Waals surface area contributed by atoms with Crippen molar-refractivity contribution in [1.82, 2.24) is 4.31 Å². The monoisotopic (exact) mass is 512 g/mol. The molecule has 5 nitrogen and oxygen atoms in total. The standard InChI is InChI=1S/C23H20Cl2F2N2O3S/c24-20-10-9-19(13-21(20)25)28-33(30,31)29-11-12-32-22(14-29)23(15-1-5-17(26)6-2-15)16-3-7-18(27)8-4-16/h1-10,13,22-23,28H,11-12,14H2. The summed E-state index contributed by atoms with van der Waals surface area (Å²) in [5, 5.41) is 0.539. The number of nitrogens with one attached hydrogen (secondary N) is 1. The number of ether oxygens (including phenoxy) is 1. The van der Waals surface area contributed by atoms with Crippen LogP contribution in [0.1, 0.15) is 17.0 Å². The van der Waals surface area contributed by atoms with E-state index in [1.165, 1.54) is 46.8 Å². The van der Waals surface area contributed by atoms with Crippen LogP contribution in [0.2, 0.25) is 10.0 Å². The fourth-order valence-electron chi connectivity index (χ4n) is 3.81. The fourth-order valence-corrected chi connectivity index (χ4v) is 5.32. The molecule has 0 saturated carbocycles. The van der Waals surface area contributed by atoms with Gasteiger partial charge in [-0.2, -0.15) is 12.7 Å². The number of benzene rings is 3. The summed E-state index contributed by atoms with van der Waals surface area (Å²) < 4.78 is 62.9. The Bertz CT molecular complexity index is 1180. The molecule has 1 aliphatic rings. The summed E-state index contributed by atoms with van der Waals surface area (Å²) >= 11 is 11.9. The van der Waals surface area contributed by atoms with Crippen LogP contribution in [0.4, 0.5) is 14.5 Å². The van der Waals surface area contributed by atoms with Gasteiger partial charge in [-0.1, -0.05) is 47.5 Å². The van der Waals surface area contributed by atoms with Crippen molar-refractivity contribution in [3.05, 3.63) is 99.5 Å². The lowest BCUT2D eigenvalue weighted by Crippen LogP contribution is -2.49. The summed E-state index contributed by atoms with van der Waals surface area (Å²) in [6.45, 7) is 0.342. The van der Waals surface area contributed by atoms with E-state index in [4.69, 9.17) is 27.9 Å². The lowest BCUT2D eigenvalue weighted by molar-refractivity contribution is -0.00977. The van der Waals surface area contributed by atoms with Crippen LogP contribution in [-0.2, 0) is 14.9 Å². The average molecular weight is 513 g/mol. The average Bonchev–Trinajstić information content (AvgIpc) is 2.79. The maximum absolute atomic E-state index is 13.5. The van der Waals surface area contributed by atoms with Gasteiger partial charge in [-0.25, -0.2) is 8.78 Å². The zero-order chi connectivity index (χ0) is 23.6. The molecule has 0 radical (unpaired) electrons. The van der Waals surface area contributed by atoms with Gasteiger partial charge in [0.1, 0.15) is 11.6 Å². The topological polar surface area (TPSA) is 58.6 Å². The molecule has 3 aromatic carbocycles. The minimum atomic E-state index is -3.93. The van der Waals surface area contributed by atoms with Crippen LogP contribution < -0.4 is 4.72 Å². The summed E-state index contributed by atoms with van der Waals surface area (Å²) in [4.78, 5) is 0. The lowest BCUT2D eigenvalue weighted by atomic mass is 9.86. The van der Waals surface area contributed by atoms with Crippen molar-refractivity contribution in [2.75, 3.05) is 24.4 Å². The van der Waals surface area contributed by atoms with Crippen LogP contribution in [0.25, 0.3) is 0 Å². The first-order valence-electron chi connectivity index (χ1n) is 10.1. The highest BCUT2D eigenvalue weighted by Gasteiger charge is 2.35. The Hall–Kier alpha value is -2.23. The molecule has 174 valence electrons. The van der Waals surface area contributed by atoms with E-state index in [2.05, 4.69) is 4.72 Å². The molecule has 1 aliphatic heterocycles. The molecule has 0 spiro atoms. The van der Waals surface area contributed by atoms with Gasteiger partial charge in [0, 0.05) is 19.0 Å². The summed E-state index contributed by atoms with van der Waals surface area (Å²) in [5.41, 5.74) is 1.73. The van der Waals surface area contributed by atoms with E-state index in [0.29, 0.717) is 5.02 Å². The highest BCUT2D eigenvalue weighted by atomic mass is 35.5.